The zero-order chi connectivity index (χ0) is 16.7. The fourth-order valence-corrected chi connectivity index (χ4v) is 2.88. The number of nitrogens with zero attached hydrogens (tertiary/aromatic N) is 3. The number of carbonyl (C=O) groups is 2. The molecule has 0 radical (unpaired) electrons. The van der Waals surface area contributed by atoms with Gasteiger partial charge in [-0.15, -0.1) is 24.4 Å². The second-order valence-corrected chi connectivity index (χ2v) is 6.19. The van der Waals surface area contributed by atoms with E-state index >= 15 is 0 Å². The van der Waals surface area contributed by atoms with Crippen LogP contribution in [0.2, 0.25) is 0 Å². The lowest BCUT2D eigenvalue weighted by atomic mass is 10.1. The molecule has 1 amide bonds. The molecule has 1 heterocycles. The molecule has 1 unspecified atom stereocenters. The first-order chi connectivity index (χ1) is 11.1. The number of esters is 1. The number of thioether (sulfide) groups is 1. The molecule has 1 aliphatic carbocycles. The van der Waals surface area contributed by atoms with E-state index in [2.05, 4.69) is 33.8 Å². The Kier molecular flexibility index (Phi) is 6.78. The van der Waals surface area contributed by atoms with Crippen LogP contribution >= 0.6 is 24.4 Å². The molecule has 0 saturated heterocycles. The van der Waals surface area contributed by atoms with Crippen molar-refractivity contribution in [3.63, 3.8) is 0 Å². The van der Waals surface area contributed by atoms with E-state index in [0.717, 1.165) is 24.2 Å². The Labute approximate surface area is 144 Å². The minimum absolute atomic E-state index is 0.161. The molecule has 0 spiro atoms. The normalized spacial score (nSPS) is 19.7. The van der Waals surface area contributed by atoms with Gasteiger partial charge in [0.25, 0.3) is 0 Å². The summed E-state index contributed by atoms with van der Waals surface area (Å²) in [4.78, 5) is 23.1. The van der Waals surface area contributed by atoms with Crippen LogP contribution in [-0.2, 0) is 14.3 Å². The summed E-state index contributed by atoms with van der Waals surface area (Å²) in [6.45, 7) is 2.10. The summed E-state index contributed by atoms with van der Waals surface area (Å²) in [5, 5.41) is 12.1. The molecule has 0 fully saturated rings. The number of nitrogens with one attached hydrogen (secondary N) is 2. The molecular formula is C13H19N5O3S2. The number of thiol groups is 1. The highest BCUT2D eigenvalue weighted by molar-refractivity contribution is 8.00. The van der Waals surface area contributed by atoms with Gasteiger partial charge in [0.1, 0.15) is 0 Å². The van der Waals surface area contributed by atoms with Gasteiger partial charge in [-0.3, -0.25) is 15.0 Å². The lowest BCUT2D eigenvalue weighted by Crippen LogP contribution is -2.31. The number of hydrogen-bond acceptors (Lipinski definition) is 9. The van der Waals surface area contributed by atoms with Gasteiger partial charge in [-0.1, -0.05) is 11.3 Å². The Morgan fingerprint density at radius 1 is 1.57 bits per heavy atom. The van der Waals surface area contributed by atoms with E-state index in [1.807, 2.05) is 12.2 Å². The van der Waals surface area contributed by atoms with Gasteiger partial charge in [0, 0.05) is 11.4 Å². The van der Waals surface area contributed by atoms with E-state index < -0.39 is 0 Å². The van der Waals surface area contributed by atoms with Crippen LogP contribution in [0, 0.1) is 0 Å². The van der Waals surface area contributed by atoms with E-state index in [0.29, 0.717) is 6.61 Å². The highest BCUT2D eigenvalue weighted by atomic mass is 32.2. The third-order valence-electron chi connectivity index (χ3n) is 2.97. The van der Waals surface area contributed by atoms with Crippen LogP contribution in [0.4, 0.5) is 0 Å². The molecule has 1 atom stereocenters. The van der Waals surface area contributed by atoms with Crippen molar-refractivity contribution in [1.82, 2.24) is 15.8 Å². The summed E-state index contributed by atoms with van der Waals surface area (Å²) < 4.78 is 4.80. The molecule has 126 valence electrons. The Balaban J connectivity index is 1.79. The maximum absolute atomic E-state index is 11.9. The van der Waals surface area contributed by atoms with Crippen LogP contribution in [0.15, 0.2) is 34.0 Å². The lowest BCUT2D eigenvalue weighted by molar-refractivity contribution is -0.139. The molecule has 2 rings (SSSR count). The van der Waals surface area contributed by atoms with Gasteiger partial charge in [-0.05, 0) is 31.1 Å². The summed E-state index contributed by atoms with van der Waals surface area (Å²) in [5.41, 5.74) is 4.07. The van der Waals surface area contributed by atoms with Gasteiger partial charge in [-0.25, -0.2) is 5.01 Å². The largest absolute Gasteiger partial charge is 0.465 e. The van der Waals surface area contributed by atoms with Crippen molar-refractivity contribution in [1.29, 1.82) is 0 Å². The maximum Gasteiger partial charge on any atom is 0.315 e. The first-order valence-electron chi connectivity index (χ1n) is 7.17. The Morgan fingerprint density at radius 3 is 3.09 bits per heavy atom. The number of allylic oxidation sites excluding steroid dienone is 3. The third-order valence-corrected chi connectivity index (χ3v) is 4.21. The fraction of sp³-hybridized carbons (Fsp3) is 0.538. The van der Waals surface area contributed by atoms with Crippen LogP contribution in [0.1, 0.15) is 19.8 Å². The molecule has 0 saturated carbocycles. The topological polar surface area (TPSA) is 95.4 Å². The van der Waals surface area contributed by atoms with Crippen LogP contribution in [0.5, 0.6) is 0 Å². The Bertz CT molecular complexity index is 550. The van der Waals surface area contributed by atoms with Crippen LogP contribution in [0.25, 0.3) is 0 Å². The van der Waals surface area contributed by atoms with Crippen molar-refractivity contribution in [2.45, 2.75) is 25.3 Å². The van der Waals surface area contributed by atoms with E-state index in [-0.39, 0.29) is 28.9 Å². The van der Waals surface area contributed by atoms with Crippen LogP contribution in [-0.4, -0.2) is 40.5 Å². The molecule has 10 heteroatoms. The molecular weight excluding hydrogens is 338 g/mol. The number of amides is 1. The average molecular weight is 357 g/mol. The van der Waals surface area contributed by atoms with Crippen molar-refractivity contribution in [3.05, 3.63) is 23.5 Å². The zero-order valence-electron chi connectivity index (χ0n) is 12.7. The van der Waals surface area contributed by atoms with E-state index in [1.54, 1.807) is 11.9 Å². The SMILES string of the molecule is CCOC(=O)CSCC(=O)NC1=CCCC(N2N=NNC2S)=C1. The molecule has 1 aliphatic heterocycles. The lowest BCUT2D eigenvalue weighted by Gasteiger charge is -2.23. The highest BCUT2D eigenvalue weighted by Gasteiger charge is 2.23. The van der Waals surface area contributed by atoms with Crippen LogP contribution < -0.4 is 10.7 Å². The molecule has 8 nitrogen and oxygen atoms in total. The van der Waals surface area contributed by atoms with Crippen molar-refractivity contribution in [3.8, 4) is 0 Å². The number of carbonyl (C=O) groups excluding carboxylic acids is 2. The van der Waals surface area contributed by atoms with Crippen LogP contribution in [0.3, 0.4) is 0 Å². The van der Waals surface area contributed by atoms with Crippen molar-refractivity contribution in [2.24, 2.45) is 10.4 Å². The summed E-state index contributed by atoms with van der Waals surface area (Å²) >= 11 is 5.54. The first kappa shape index (κ1) is 17.7. The van der Waals surface area contributed by atoms with E-state index in [9.17, 15) is 9.59 Å². The molecule has 0 aromatic rings. The Hall–Kier alpha value is -1.68. The highest BCUT2D eigenvalue weighted by Crippen LogP contribution is 2.24. The zero-order valence-corrected chi connectivity index (χ0v) is 14.4. The van der Waals surface area contributed by atoms with Gasteiger partial charge in [0.15, 0.2) is 5.50 Å². The number of rotatable bonds is 7. The van der Waals surface area contributed by atoms with Gasteiger partial charge < -0.3 is 10.1 Å². The van der Waals surface area contributed by atoms with Gasteiger partial charge in [-0.2, -0.15) is 0 Å². The predicted octanol–water partition coefficient (Wildman–Crippen LogP) is 1.36. The summed E-state index contributed by atoms with van der Waals surface area (Å²) in [5.74, 6) is -0.107. The first-order valence-corrected chi connectivity index (χ1v) is 8.84. The standard InChI is InChI=1S/C13H19N5O3S2/c1-2-21-12(20)8-23-7-11(19)14-9-4-3-5-10(6-9)18-13(22)15-16-17-18/h4,6,13,22H,2-3,5,7-8H2,1H3,(H,14,19)(H,15,17). The molecule has 0 aromatic carbocycles. The average Bonchev–Trinajstić information content (AvgIpc) is 2.94. The quantitative estimate of drug-likeness (QED) is 0.470. The molecule has 23 heavy (non-hydrogen) atoms. The molecule has 0 bridgehead atoms. The Morgan fingerprint density at radius 2 is 2.39 bits per heavy atom. The monoisotopic (exact) mass is 357 g/mol. The van der Waals surface area contributed by atoms with E-state index in [1.165, 1.54) is 11.8 Å². The fourth-order valence-electron chi connectivity index (χ4n) is 2.02. The number of hydrogen-bond donors (Lipinski definition) is 3. The van der Waals surface area contributed by atoms with E-state index in [4.69, 9.17) is 4.74 Å². The smallest absolute Gasteiger partial charge is 0.315 e. The summed E-state index contributed by atoms with van der Waals surface area (Å²) in [6.07, 6.45) is 5.40. The van der Waals surface area contributed by atoms with Crippen molar-refractivity contribution in [2.75, 3.05) is 18.1 Å². The van der Waals surface area contributed by atoms with Crippen molar-refractivity contribution >= 4 is 36.3 Å². The summed E-state index contributed by atoms with van der Waals surface area (Å²) in [7, 11) is 0. The van der Waals surface area contributed by atoms with Gasteiger partial charge >= 0.3 is 5.97 Å². The third kappa shape index (κ3) is 5.47. The van der Waals surface area contributed by atoms with Crippen molar-refractivity contribution < 1.29 is 14.3 Å². The maximum atomic E-state index is 11.9. The predicted molar refractivity (Wildman–Crippen MR) is 90.1 cm³/mol. The minimum Gasteiger partial charge on any atom is -0.465 e. The molecule has 2 aliphatic rings. The second kappa shape index (κ2) is 8.82. The minimum atomic E-state index is -0.309. The molecule has 0 aromatic heterocycles. The molecule has 2 N–H and O–H groups in total. The van der Waals surface area contributed by atoms with Gasteiger partial charge in [0.2, 0.25) is 5.91 Å². The second-order valence-electron chi connectivity index (χ2n) is 4.72. The summed E-state index contributed by atoms with van der Waals surface area (Å²) in [6, 6.07) is 0. The van der Waals surface area contributed by atoms with Gasteiger partial charge in [0.05, 0.1) is 18.1 Å². The number of ether oxygens (including phenoxy) is 1.